The molecule has 0 unspecified atom stereocenters. The minimum Gasteiger partial charge on any atom is -0.348 e. The number of carbonyl (C=O) groups excluding carboxylic acids is 1. The number of amides is 1. The zero-order valence-electron chi connectivity index (χ0n) is 16.1. The molecule has 1 amide bonds. The first-order chi connectivity index (χ1) is 13.3. The largest absolute Gasteiger partial charge is 0.348 e. The normalized spacial score (nSPS) is 15.0. The van der Waals surface area contributed by atoms with Crippen LogP contribution >= 0.6 is 0 Å². The van der Waals surface area contributed by atoms with Gasteiger partial charge in [-0.1, -0.05) is 12.1 Å². The van der Waals surface area contributed by atoms with E-state index in [-0.39, 0.29) is 17.9 Å². The van der Waals surface area contributed by atoms with Gasteiger partial charge in [0.25, 0.3) is 5.56 Å². The first kappa shape index (κ1) is 18.3. The maximum absolute atomic E-state index is 14.1. The summed E-state index contributed by atoms with van der Waals surface area (Å²) in [5.74, 6) is -0.382. The van der Waals surface area contributed by atoms with Crippen LogP contribution in [-0.2, 0) is 18.4 Å². The van der Waals surface area contributed by atoms with Gasteiger partial charge in [0.2, 0.25) is 5.91 Å². The molecule has 2 heterocycles. The molecule has 1 aliphatic rings. The van der Waals surface area contributed by atoms with Crippen LogP contribution in [0.5, 0.6) is 0 Å². The van der Waals surface area contributed by atoms with Crippen molar-refractivity contribution >= 4 is 16.8 Å². The molecule has 2 aromatic heterocycles. The second-order valence-corrected chi connectivity index (χ2v) is 7.47. The SMILES string of the molecule is Cc1ccc([C@H](C)NC(=O)Cn2ncc3c(C4CC4)nn(C)c3c2=O)c(F)c1. The topological polar surface area (TPSA) is 81.8 Å². The lowest BCUT2D eigenvalue weighted by molar-refractivity contribution is -0.122. The van der Waals surface area contributed by atoms with Gasteiger partial charge in [0.15, 0.2) is 0 Å². The van der Waals surface area contributed by atoms with Crippen LogP contribution in [-0.4, -0.2) is 25.5 Å². The Morgan fingerprint density at radius 3 is 2.82 bits per heavy atom. The summed E-state index contributed by atoms with van der Waals surface area (Å²) in [4.78, 5) is 25.2. The number of halogens is 1. The van der Waals surface area contributed by atoms with Gasteiger partial charge < -0.3 is 5.32 Å². The molecule has 0 radical (unpaired) electrons. The van der Waals surface area contributed by atoms with E-state index in [9.17, 15) is 14.0 Å². The standard InChI is InChI=1S/C20H22FN5O2/c1-11-4-7-14(16(21)8-11)12(2)23-17(27)10-26-20(28)19-15(9-22-26)18(13-5-6-13)24-25(19)3/h4,7-9,12-13H,5-6,10H2,1-3H3,(H,23,27)/t12-/m0/s1. The van der Waals surface area contributed by atoms with Gasteiger partial charge in [0, 0.05) is 23.9 Å². The highest BCUT2D eigenvalue weighted by Gasteiger charge is 2.30. The van der Waals surface area contributed by atoms with Crippen LogP contribution in [0, 0.1) is 12.7 Å². The van der Waals surface area contributed by atoms with E-state index in [1.54, 1.807) is 43.9 Å². The van der Waals surface area contributed by atoms with Gasteiger partial charge in [0.1, 0.15) is 17.9 Å². The highest BCUT2D eigenvalue weighted by atomic mass is 19.1. The van der Waals surface area contributed by atoms with Gasteiger partial charge in [-0.15, -0.1) is 0 Å². The monoisotopic (exact) mass is 383 g/mol. The number of aryl methyl sites for hydroxylation is 2. The van der Waals surface area contributed by atoms with Crippen LogP contribution < -0.4 is 10.9 Å². The van der Waals surface area contributed by atoms with Gasteiger partial charge in [0.05, 0.1) is 17.9 Å². The number of nitrogens with one attached hydrogen (secondary N) is 1. The number of hydrogen-bond donors (Lipinski definition) is 1. The van der Waals surface area contributed by atoms with E-state index in [1.165, 1.54) is 6.07 Å². The van der Waals surface area contributed by atoms with E-state index in [2.05, 4.69) is 15.5 Å². The average Bonchev–Trinajstić information content (AvgIpc) is 3.41. The first-order valence-electron chi connectivity index (χ1n) is 9.33. The summed E-state index contributed by atoms with van der Waals surface area (Å²) >= 11 is 0. The fraction of sp³-hybridized carbons (Fsp3) is 0.400. The molecule has 1 atom stereocenters. The smallest absolute Gasteiger partial charge is 0.293 e. The summed E-state index contributed by atoms with van der Waals surface area (Å²) in [6.07, 6.45) is 3.75. The van der Waals surface area contributed by atoms with Crippen LogP contribution in [0.2, 0.25) is 0 Å². The van der Waals surface area contributed by atoms with E-state index >= 15 is 0 Å². The molecule has 0 saturated heterocycles. The Morgan fingerprint density at radius 1 is 1.39 bits per heavy atom. The number of fused-ring (bicyclic) bond motifs is 1. The number of aromatic nitrogens is 4. The quantitative estimate of drug-likeness (QED) is 0.733. The van der Waals surface area contributed by atoms with Gasteiger partial charge >= 0.3 is 0 Å². The molecule has 4 rings (SSSR count). The fourth-order valence-electron chi connectivity index (χ4n) is 3.50. The predicted molar refractivity (Wildman–Crippen MR) is 102 cm³/mol. The summed E-state index contributed by atoms with van der Waals surface area (Å²) in [7, 11) is 1.72. The van der Waals surface area contributed by atoms with E-state index in [4.69, 9.17) is 0 Å². The highest BCUT2D eigenvalue weighted by Crippen LogP contribution is 2.41. The van der Waals surface area contributed by atoms with Gasteiger partial charge in [-0.2, -0.15) is 10.2 Å². The van der Waals surface area contributed by atoms with Crippen molar-refractivity contribution < 1.29 is 9.18 Å². The van der Waals surface area contributed by atoms with Gasteiger partial charge in [-0.05, 0) is 38.3 Å². The molecule has 1 aliphatic carbocycles. The van der Waals surface area contributed by atoms with Crippen LogP contribution in [0.4, 0.5) is 4.39 Å². The molecule has 146 valence electrons. The number of benzene rings is 1. The summed E-state index contributed by atoms with van der Waals surface area (Å²) in [6, 6.07) is 4.35. The second-order valence-electron chi connectivity index (χ2n) is 7.47. The predicted octanol–water partition coefficient (Wildman–Crippen LogP) is 2.33. The lowest BCUT2D eigenvalue weighted by Gasteiger charge is -2.15. The van der Waals surface area contributed by atoms with Crippen LogP contribution in [0.25, 0.3) is 10.9 Å². The van der Waals surface area contributed by atoms with Crippen molar-refractivity contribution in [3.05, 3.63) is 57.4 Å². The summed E-state index contributed by atoms with van der Waals surface area (Å²) in [5, 5.41) is 12.1. The van der Waals surface area contributed by atoms with Crippen molar-refractivity contribution in [1.29, 1.82) is 0 Å². The van der Waals surface area contributed by atoms with Crippen LogP contribution in [0.15, 0.2) is 29.2 Å². The Hall–Kier alpha value is -3.03. The molecule has 1 aromatic carbocycles. The third kappa shape index (κ3) is 3.30. The third-order valence-corrected chi connectivity index (χ3v) is 5.13. The zero-order chi connectivity index (χ0) is 20.0. The van der Waals surface area contributed by atoms with Crippen molar-refractivity contribution in [3.8, 4) is 0 Å². The van der Waals surface area contributed by atoms with E-state index in [0.29, 0.717) is 17.0 Å². The fourth-order valence-corrected chi connectivity index (χ4v) is 3.50. The molecule has 1 N–H and O–H groups in total. The molecule has 8 heteroatoms. The molecule has 0 bridgehead atoms. The Balaban J connectivity index is 1.54. The third-order valence-electron chi connectivity index (χ3n) is 5.13. The van der Waals surface area contributed by atoms with Gasteiger partial charge in [-0.25, -0.2) is 9.07 Å². The highest BCUT2D eigenvalue weighted by molar-refractivity contribution is 5.81. The van der Waals surface area contributed by atoms with Crippen molar-refractivity contribution in [2.24, 2.45) is 7.05 Å². The summed E-state index contributed by atoms with van der Waals surface area (Å²) < 4.78 is 16.8. The zero-order valence-corrected chi connectivity index (χ0v) is 16.1. The van der Waals surface area contributed by atoms with Crippen molar-refractivity contribution in [2.75, 3.05) is 0 Å². The van der Waals surface area contributed by atoms with Gasteiger partial charge in [-0.3, -0.25) is 14.3 Å². The molecule has 0 spiro atoms. The first-order valence-corrected chi connectivity index (χ1v) is 9.33. The molecule has 28 heavy (non-hydrogen) atoms. The Bertz CT molecular complexity index is 1130. The van der Waals surface area contributed by atoms with E-state index < -0.39 is 11.9 Å². The minimum atomic E-state index is -0.522. The number of rotatable bonds is 5. The second kappa shape index (κ2) is 6.85. The molecular formula is C20H22FN5O2. The van der Waals surface area contributed by atoms with E-state index in [0.717, 1.165) is 34.2 Å². The molecule has 3 aromatic rings. The minimum absolute atomic E-state index is 0.240. The maximum atomic E-state index is 14.1. The molecule has 7 nitrogen and oxygen atoms in total. The summed E-state index contributed by atoms with van der Waals surface area (Å²) in [6.45, 7) is 3.27. The van der Waals surface area contributed by atoms with Crippen LogP contribution in [0.1, 0.15) is 48.5 Å². The number of hydrogen-bond acceptors (Lipinski definition) is 4. The Labute approximate surface area is 161 Å². The number of carbonyl (C=O) groups is 1. The van der Waals surface area contributed by atoms with Crippen molar-refractivity contribution in [1.82, 2.24) is 24.9 Å². The lowest BCUT2D eigenvalue weighted by atomic mass is 10.1. The van der Waals surface area contributed by atoms with Crippen molar-refractivity contribution in [2.45, 2.75) is 45.2 Å². The van der Waals surface area contributed by atoms with Crippen LogP contribution in [0.3, 0.4) is 0 Å². The maximum Gasteiger partial charge on any atom is 0.293 e. The Kier molecular flexibility index (Phi) is 4.49. The Morgan fingerprint density at radius 2 is 2.14 bits per heavy atom. The molecule has 1 saturated carbocycles. The lowest BCUT2D eigenvalue weighted by Crippen LogP contribution is -2.35. The number of nitrogens with zero attached hydrogens (tertiary/aromatic N) is 4. The van der Waals surface area contributed by atoms with Crippen molar-refractivity contribution in [3.63, 3.8) is 0 Å². The molecule has 0 aliphatic heterocycles. The summed E-state index contributed by atoms with van der Waals surface area (Å²) in [5.41, 5.74) is 2.20. The average molecular weight is 383 g/mol. The molecule has 1 fully saturated rings. The molecular weight excluding hydrogens is 361 g/mol. The van der Waals surface area contributed by atoms with E-state index in [1.807, 2.05) is 0 Å².